The second-order valence-electron chi connectivity index (χ2n) is 4.70. The number of rotatable bonds is 3. The van der Waals surface area contributed by atoms with Crippen molar-refractivity contribution in [2.45, 2.75) is 6.92 Å². The lowest BCUT2D eigenvalue weighted by Gasteiger charge is -2.10. The summed E-state index contributed by atoms with van der Waals surface area (Å²) in [5.41, 5.74) is 3.12. The van der Waals surface area contributed by atoms with Crippen LogP contribution in [0.4, 0.5) is 11.5 Å². The fraction of sp³-hybridized carbons (Fsp3) is 0.118. The summed E-state index contributed by atoms with van der Waals surface area (Å²) in [6.07, 6.45) is 0. The van der Waals surface area contributed by atoms with Gasteiger partial charge in [-0.15, -0.1) is 0 Å². The van der Waals surface area contributed by atoms with E-state index in [-0.39, 0.29) is 0 Å². The molecule has 0 aliphatic carbocycles. The average molecular weight is 264 g/mol. The van der Waals surface area contributed by atoms with Crippen molar-refractivity contribution in [3.63, 3.8) is 0 Å². The zero-order valence-electron chi connectivity index (χ0n) is 11.6. The van der Waals surface area contributed by atoms with E-state index in [4.69, 9.17) is 4.74 Å². The molecule has 0 saturated carbocycles. The lowest BCUT2D eigenvalue weighted by atomic mass is 10.1. The summed E-state index contributed by atoms with van der Waals surface area (Å²) in [4.78, 5) is 4.67. The number of methoxy groups -OCH3 is 1. The van der Waals surface area contributed by atoms with Crippen LogP contribution in [0.1, 0.15) is 5.56 Å². The number of aryl methyl sites for hydroxylation is 1. The minimum absolute atomic E-state index is 0.846. The molecule has 0 fully saturated rings. The highest BCUT2D eigenvalue weighted by molar-refractivity contribution is 5.82. The molecule has 3 nitrogen and oxygen atoms in total. The van der Waals surface area contributed by atoms with Gasteiger partial charge in [0.15, 0.2) is 0 Å². The highest BCUT2D eigenvalue weighted by atomic mass is 16.5. The second kappa shape index (κ2) is 5.21. The third kappa shape index (κ3) is 2.43. The lowest BCUT2D eigenvalue weighted by Crippen LogP contribution is -1.97. The number of benzene rings is 2. The van der Waals surface area contributed by atoms with Crippen molar-refractivity contribution in [2.75, 3.05) is 12.4 Å². The minimum atomic E-state index is 0.846. The molecule has 20 heavy (non-hydrogen) atoms. The maximum absolute atomic E-state index is 5.16. The first-order valence-corrected chi connectivity index (χ1v) is 6.54. The number of anilines is 2. The molecule has 3 aromatic rings. The van der Waals surface area contributed by atoms with Gasteiger partial charge in [0.2, 0.25) is 0 Å². The number of fused-ring (bicyclic) bond motifs is 1. The Bertz CT molecular complexity index is 736. The van der Waals surface area contributed by atoms with Gasteiger partial charge in [-0.1, -0.05) is 18.2 Å². The van der Waals surface area contributed by atoms with Crippen molar-refractivity contribution < 1.29 is 4.74 Å². The van der Waals surface area contributed by atoms with Crippen LogP contribution in [0.3, 0.4) is 0 Å². The molecule has 0 unspecified atom stereocenters. The predicted molar refractivity (Wildman–Crippen MR) is 82.8 cm³/mol. The van der Waals surface area contributed by atoms with Gasteiger partial charge in [-0.05, 0) is 48.9 Å². The van der Waals surface area contributed by atoms with Crippen molar-refractivity contribution in [2.24, 2.45) is 0 Å². The van der Waals surface area contributed by atoms with Crippen LogP contribution in [-0.2, 0) is 0 Å². The van der Waals surface area contributed by atoms with E-state index in [1.54, 1.807) is 7.11 Å². The molecule has 3 rings (SSSR count). The molecule has 1 N–H and O–H groups in total. The second-order valence-corrected chi connectivity index (χ2v) is 4.70. The summed E-state index contributed by atoms with van der Waals surface area (Å²) >= 11 is 0. The number of hydrogen-bond acceptors (Lipinski definition) is 3. The molecule has 0 bridgehead atoms. The van der Waals surface area contributed by atoms with E-state index in [0.717, 1.165) is 33.7 Å². The molecule has 2 aromatic carbocycles. The number of aromatic nitrogens is 1. The van der Waals surface area contributed by atoms with Crippen molar-refractivity contribution in [3.05, 3.63) is 60.2 Å². The first-order chi connectivity index (χ1) is 9.76. The first kappa shape index (κ1) is 12.5. The van der Waals surface area contributed by atoms with E-state index in [1.165, 1.54) is 0 Å². The monoisotopic (exact) mass is 264 g/mol. The van der Waals surface area contributed by atoms with Gasteiger partial charge in [0.25, 0.3) is 0 Å². The summed E-state index contributed by atoms with van der Waals surface area (Å²) in [5.74, 6) is 1.73. The van der Waals surface area contributed by atoms with Gasteiger partial charge in [0, 0.05) is 11.1 Å². The number of pyridine rings is 1. The SMILES string of the molecule is COc1ccc(Nc2nc3ccccc3cc2C)cc1. The molecular formula is C17H16N2O. The summed E-state index contributed by atoms with van der Waals surface area (Å²) < 4.78 is 5.16. The number of ether oxygens (including phenoxy) is 1. The summed E-state index contributed by atoms with van der Waals surface area (Å²) in [7, 11) is 1.66. The van der Waals surface area contributed by atoms with E-state index < -0.39 is 0 Å². The van der Waals surface area contributed by atoms with Crippen LogP contribution < -0.4 is 10.1 Å². The van der Waals surface area contributed by atoms with Crippen LogP contribution in [0.2, 0.25) is 0 Å². The number of nitrogens with one attached hydrogen (secondary N) is 1. The normalized spacial score (nSPS) is 10.5. The summed E-state index contributed by atoms with van der Waals surface area (Å²) in [6.45, 7) is 2.06. The van der Waals surface area contributed by atoms with E-state index in [1.807, 2.05) is 42.5 Å². The molecule has 100 valence electrons. The van der Waals surface area contributed by atoms with E-state index in [2.05, 4.69) is 29.4 Å². The maximum Gasteiger partial charge on any atom is 0.134 e. The van der Waals surface area contributed by atoms with Crippen LogP contribution in [0.25, 0.3) is 10.9 Å². The van der Waals surface area contributed by atoms with E-state index >= 15 is 0 Å². The predicted octanol–water partition coefficient (Wildman–Crippen LogP) is 4.30. The highest BCUT2D eigenvalue weighted by Gasteiger charge is 2.03. The van der Waals surface area contributed by atoms with Gasteiger partial charge in [0.1, 0.15) is 11.6 Å². The largest absolute Gasteiger partial charge is 0.497 e. The fourth-order valence-corrected chi connectivity index (χ4v) is 2.16. The molecule has 0 radical (unpaired) electrons. The van der Waals surface area contributed by atoms with E-state index in [0.29, 0.717) is 0 Å². The summed E-state index contributed by atoms with van der Waals surface area (Å²) in [5, 5.41) is 4.51. The van der Waals surface area contributed by atoms with Crippen LogP contribution >= 0.6 is 0 Å². The van der Waals surface area contributed by atoms with Crippen molar-refractivity contribution in [1.29, 1.82) is 0 Å². The van der Waals surface area contributed by atoms with Gasteiger partial charge >= 0.3 is 0 Å². The van der Waals surface area contributed by atoms with Crippen molar-refractivity contribution in [1.82, 2.24) is 4.98 Å². The van der Waals surface area contributed by atoms with Crippen LogP contribution in [0.5, 0.6) is 5.75 Å². The fourth-order valence-electron chi connectivity index (χ4n) is 2.16. The maximum atomic E-state index is 5.16. The molecule has 0 saturated heterocycles. The number of para-hydroxylation sites is 1. The third-order valence-electron chi connectivity index (χ3n) is 3.27. The number of nitrogens with zero attached hydrogens (tertiary/aromatic N) is 1. The van der Waals surface area contributed by atoms with Gasteiger partial charge in [-0.25, -0.2) is 4.98 Å². The van der Waals surface area contributed by atoms with E-state index in [9.17, 15) is 0 Å². The van der Waals surface area contributed by atoms with Gasteiger partial charge < -0.3 is 10.1 Å². The van der Waals surface area contributed by atoms with Crippen molar-refractivity contribution in [3.8, 4) is 5.75 Å². The molecule has 3 heteroatoms. The topological polar surface area (TPSA) is 34.1 Å². The Morgan fingerprint density at radius 1 is 1.00 bits per heavy atom. The van der Waals surface area contributed by atoms with Gasteiger partial charge in [-0.2, -0.15) is 0 Å². The molecule has 0 aliphatic heterocycles. The Morgan fingerprint density at radius 3 is 2.50 bits per heavy atom. The molecule has 0 amide bonds. The van der Waals surface area contributed by atoms with Crippen LogP contribution in [-0.4, -0.2) is 12.1 Å². The Morgan fingerprint density at radius 2 is 1.75 bits per heavy atom. The molecule has 0 atom stereocenters. The minimum Gasteiger partial charge on any atom is -0.497 e. The Kier molecular flexibility index (Phi) is 3.25. The molecule has 0 spiro atoms. The average Bonchev–Trinajstić information content (AvgIpc) is 2.49. The molecule has 1 aromatic heterocycles. The Balaban J connectivity index is 1.94. The first-order valence-electron chi connectivity index (χ1n) is 6.54. The number of hydrogen-bond donors (Lipinski definition) is 1. The summed E-state index contributed by atoms with van der Waals surface area (Å²) in [6, 6.07) is 18.1. The highest BCUT2D eigenvalue weighted by Crippen LogP contribution is 2.24. The zero-order chi connectivity index (χ0) is 13.9. The molecule has 0 aliphatic rings. The molecular weight excluding hydrogens is 248 g/mol. The van der Waals surface area contributed by atoms with Gasteiger partial charge in [-0.3, -0.25) is 0 Å². The third-order valence-corrected chi connectivity index (χ3v) is 3.27. The van der Waals surface area contributed by atoms with Crippen LogP contribution in [0.15, 0.2) is 54.6 Å². The quantitative estimate of drug-likeness (QED) is 0.766. The lowest BCUT2D eigenvalue weighted by molar-refractivity contribution is 0.415. The van der Waals surface area contributed by atoms with Crippen LogP contribution in [0, 0.1) is 6.92 Å². The zero-order valence-corrected chi connectivity index (χ0v) is 11.6. The Labute approximate surface area is 118 Å². The Hall–Kier alpha value is -2.55. The standard InChI is InChI=1S/C17H16N2O/c1-12-11-13-5-3-4-6-16(13)19-17(12)18-14-7-9-15(20-2)10-8-14/h3-11H,1-2H3,(H,18,19). The smallest absolute Gasteiger partial charge is 0.134 e. The van der Waals surface area contributed by atoms with Gasteiger partial charge in [0.05, 0.1) is 12.6 Å². The molecule has 1 heterocycles. The van der Waals surface area contributed by atoms with Crippen molar-refractivity contribution >= 4 is 22.4 Å².